The van der Waals surface area contributed by atoms with Gasteiger partial charge in [0.1, 0.15) is 18.7 Å². The molecule has 3 unspecified atom stereocenters. The highest BCUT2D eigenvalue weighted by molar-refractivity contribution is 6.37. The Morgan fingerprint density at radius 1 is 0.956 bits per heavy atom. The van der Waals surface area contributed by atoms with Gasteiger partial charge >= 0.3 is 12.1 Å². The molecule has 1 aliphatic heterocycles. The Balaban J connectivity index is 1.80. The van der Waals surface area contributed by atoms with E-state index in [0.29, 0.717) is 13.0 Å². The largest absolute Gasteiger partial charge is 0.447 e. The van der Waals surface area contributed by atoms with Crippen molar-refractivity contribution in [2.45, 2.75) is 105 Å². The first kappa shape index (κ1) is 36.1. The SMILES string of the molecule is CN(C)C(=O)OC[C@H](NC(=O)N[C@H](C(=O)N1CC2C([C@H]1C(=O)NC(CC1CCC1)C(=O)C(N)=O)C2(C)C)C(C)(C)C)C(C)(C)C. The van der Waals surface area contributed by atoms with Crippen LogP contribution < -0.4 is 21.7 Å². The van der Waals surface area contributed by atoms with E-state index in [-0.39, 0.29) is 29.8 Å². The molecule has 3 rings (SSSR count). The molecule has 1 saturated heterocycles. The first-order valence-electron chi connectivity index (χ1n) is 15.9. The molecule has 3 fully saturated rings. The molecule has 6 amide bonds. The van der Waals surface area contributed by atoms with Gasteiger partial charge in [-0.3, -0.25) is 19.2 Å². The summed E-state index contributed by atoms with van der Waals surface area (Å²) in [5.41, 5.74) is 3.92. The third-order valence-corrected chi connectivity index (χ3v) is 9.91. The van der Waals surface area contributed by atoms with Crippen molar-refractivity contribution in [3.05, 3.63) is 0 Å². The van der Waals surface area contributed by atoms with Gasteiger partial charge in [0.2, 0.25) is 17.6 Å². The predicted molar refractivity (Wildman–Crippen MR) is 168 cm³/mol. The average molecular weight is 635 g/mol. The Labute approximate surface area is 267 Å². The summed E-state index contributed by atoms with van der Waals surface area (Å²) in [6.45, 7) is 15.5. The summed E-state index contributed by atoms with van der Waals surface area (Å²) in [5, 5.41) is 8.48. The third-order valence-electron chi connectivity index (χ3n) is 9.91. The number of carbonyl (C=O) groups is 6. The fourth-order valence-electron chi connectivity index (χ4n) is 6.47. The quantitative estimate of drug-likeness (QED) is 0.251. The van der Waals surface area contributed by atoms with E-state index in [9.17, 15) is 28.8 Å². The van der Waals surface area contributed by atoms with E-state index in [1.54, 1.807) is 14.1 Å². The zero-order chi connectivity index (χ0) is 34.2. The maximum absolute atomic E-state index is 14.2. The van der Waals surface area contributed by atoms with Crippen molar-refractivity contribution < 1.29 is 33.5 Å². The monoisotopic (exact) mass is 634 g/mol. The first-order chi connectivity index (χ1) is 20.6. The summed E-state index contributed by atoms with van der Waals surface area (Å²) >= 11 is 0. The number of carbonyl (C=O) groups excluding carboxylic acids is 6. The minimum absolute atomic E-state index is 0.0685. The number of hydrogen-bond acceptors (Lipinski definition) is 7. The summed E-state index contributed by atoms with van der Waals surface area (Å²) in [4.78, 5) is 80.8. The molecular formula is C32H54N6O7. The van der Waals surface area contributed by atoms with E-state index >= 15 is 0 Å². The molecule has 3 aliphatic rings. The number of ketones is 1. The third kappa shape index (κ3) is 8.26. The van der Waals surface area contributed by atoms with Gasteiger partial charge in [0, 0.05) is 20.6 Å². The molecule has 2 saturated carbocycles. The molecule has 0 spiro atoms. The first-order valence-corrected chi connectivity index (χ1v) is 15.9. The van der Waals surface area contributed by atoms with Crippen molar-refractivity contribution in [3.8, 4) is 0 Å². The van der Waals surface area contributed by atoms with Crippen molar-refractivity contribution in [1.82, 2.24) is 25.8 Å². The van der Waals surface area contributed by atoms with Crippen LogP contribution in [0, 0.1) is 34.0 Å². The number of Topliss-reactive ketones (excluding diaryl/α,β-unsaturated/α-hetero) is 1. The van der Waals surface area contributed by atoms with Crippen LogP contribution in [0.5, 0.6) is 0 Å². The van der Waals surface area contributed by atoms with Gasteiger partial charge in [-0.05, 0) is 40.4 Å². The summed E-state index contributed by atoms with van der Waals surface area (Å²) in [5.74, 6) is -2.69. The molecule has 254 valence electrons. The molecule has 13 heteroatoms. The number of ether oxygens (including phenoxy) is 1. The smallest absolute Gasteiger partial charge is 0.409 e. The predicted octanol–water partition coefficient (Wildman–Crippen LogP) is 2.03. The molecule has 0 radical (unpaired) electrons. The van der Waals surface area contributed by atoms with Gasteiger partial charge in [0.15, 0.2) is 0 Å². The second-order valence-corrected chi connectivity index (χ2v) is 16.0. The lowest BCUT2D eigenvalue weighted by molar-refractivity contribution is -0.145. The van der Waals surface area contributed by atoms with Crippen LogP contribution in [0.25, 0.3) is 0 Å². The number of nitrogens with two attached hydrogens (primary N) is 1. The molecule has 0 aromatic heterocycles. The van der Waals surface area contributed by atoms with Crippen molar-refractivity contribution >= 4 is 35.6 Å². The topological polar surface area (TPSA) is 180 Å². The van der Waals surface area contributed by atoms with Gasteiger partial charge in [0.05, 0.1) is 12.1 Å². The number of rotatable bonds is 11. The van der Waals surface area contributed by atoms with Gasteiger partial charge in [-0.2, -0.15) is 0 Å². The van der Waals surface area contributed by atoms with Gasteiger partial charge in [0.25, 0.3) is 5.91 Å². The Hall–Kier alpha value is -3.38. The molecule has 45 heavy (non-hydrogen) atoms. The lowest BCUT2D eigenvalue weighted by Gasteiger charge is -2.39. The van der Waals surface area contributed by atoms with E-state index in [2.05, 4.69) is 16.0 Å². The van der Waals surface area contributed by atoms with E-state index in [1.165, 1.54) is 9.80 Å². The van der Waals surface area contributed by atoms with Crippen molar-refractivity contribution in [2.75, 3.05) is 27.2 Å². The number of primary amides is 1. The number of likely N-dealkylation sites (tertiary alicyclic amines) is 1. The fourth-order valence-corrected chi connectivity index (χ4v) is 6.47. The van der Waals surface area contributed by atoms with Crippen LogP contribution in [0.2, 0.25) is 0 Å². The van der Waals surface area contributed by atoms with Crippen molar-refractivity contribution in [2.24, 2.45) is 39.7 Å². The van der Waals surface area contributed by atoms with Crippen LogP contribution in [0.3, 0.4) is 0 Å². The van der Waals surface area contributed by atoms with Crippen LogP contribution in [-0.4, -0.2) is 96.8 Å². The summed E-state index contributed by atoms with van der Waals surface area (Å²) in [7, 11) is 3.13. The molecule has 2 aliphatic carbocycles. The molecule has 13 nitrogen and oxygen atoms in total. The fraction of sp³-hybridized carbons (Fsp3) is 0.812. The van der Waals surface area contributed by atoms with E-state index in [1.807, 2.05) is 55.4 Å². The highest BCUT2D eigenvalue weighted by Crippen LogP contribution is 2.65. The van der Waals surface area contributed by atoms with Crippen LogP contribution in [0.15, 0.2) is 0 Å². The molecule has 0 aromatic carbocycles. The number of hydrogen-bond donors (Lipinski definition) is 4. The zero-order valence-corrected chi connectivity index (χ0v) is 28.6. The second kappa shape index (κ2) is 13.2. The second-order valence-electron chi connectivity index (χ2n) is 16.0. The number of nitrogens with zero attached hydrogens (tertiary/aromatic N) is 2. The Morgan fingerprint density at radius 3 is 2.02 bits per heavy atom. The van der Waals surface area contributed by atoms with Crippen LogP contribution in [0.1, 0.15) is 81.1 Å². The van der Waals surface area contributed by atoms with E-state index in [4.69, 9.17) is 10.5 Å². The molecule has 6 atom stereocenters. The summed E-state index contributed by atoms with van der Waals surface area (Å²) in [6, 6.07) is -4.09. The highest BCUT2D eigenvalue weighted by atomic mass is 16.6. The van der Waals surface area contributed by atoms with Crippen LogP contribution in [0.4, 0.5) is 9.59 Å². The average Bonchev–Trinajstić information content (AvgIpc) is 3.20. The Morgan fingerprint density at radius 2 is 1.56 bits per heavy atom. The van der Waals surface area contributed by atoms with Crippen molar-refractivity contribution in [3.63, 3.8) is 0 Å². The van der Waals surface area contributed by atoms with Gasteiger partial charge in [-0.25, -0.2) is 9.59 Å². The zero-order valence-electron chi connectivity index (χ0n) is 28.6. The minimum Gasteiger partial charge on any atom is -0.447 e. The van der Waals surface area contributed by atoms with Crippen molar-refractivity contribution in [1.29, 1.82) is 0 Å². The molecule has 1 heterocycles. The van der Waals surface area contributed by atoms with Crippen LogP contribution >= 0.6 is 0 Å². The number of amides is 6. The van der Waals surface area contributed by atoms with Crippen LogP contribution in [-0.2, 0) is 23.9 Å². The van der Waals surface area contributed by atoms with Gasteiger partial charge in [-0.1, -0.05) is 74.7 Å². The summed E-state index contributed by atoms with van der Waals surface area (Å²) in [6.07, 6.45) is 2.66. The van der Waals surface area contributed by atoms with Gasteiger partial charge in [-0.15, -0.1) is 0 Å². The molecular weight excluding hydrogens is 580 g/mol. The summed E-state index contributed by atoms with van der Waals surface area (Å²) < 4.78 is 5.34. The maximum atomic E-state index is 14.2. The number of urea groups is 1. The maximum Gasteiger partial charge on any atom is 0.409 e. The Kier molecular flexibility index (Phi) is 10.6. The highest BCUT2D eigenvalue weighted by Gasteiger charge is 2.70. The number of piperidine rings is 1. The Bertz CT molecular complexity index is 1180. The lowest BCUT2D eigenvalue weighted by Crippen LogP contribution is -2.62. The standard InChI is InChI=1S/C32H54N6O7/c1-30(2,3)20(16-45-29(44)37(9)10)35-28(43)36-24(31(4,5)6)27(42)38-15-18-21(32(18,7)8)22(38)26(41)34-19(23(39)25(33)40)14-17-12-11-13-17/h17-22,24H,11-16H2,1-10H3,(H2,33,40)(H,34,41)(H2,35,36,43)/t18?,19?,20-,21?,22-,24+/m0/s1. The van der Waals surface area contributed by atoms with Gasteiger partial charge < -0.3 is 36.2 Å². The normalized spacial score (nSPS) is 24.2. The van der Waals surface area contributed by atoms with E-state index in [0.717, 1.165) is 19.3 Å². The number of nitrogens with one attached hydrogen (secondary N) is 3. The molecule has 0 bridgehead atoms. The minimum atomic E-state index is -1.10. The molecule has 0 aromatic rings. The molecule has 5 N–H and O–H groups in total. The lowest BCUT2D eigenvalue weighted by atomic mass is 9.80. The van der Waals surface area contributed by atoms with E-state index < -0.39 is 70.6 Å². The number of fused-ring (bicyclic) bond motifs is 1.